The normalized spacial score (nSPS) is 16.6. The molecule has 3 rings (SSSR count). The number of amides is 1. The molecule has 6 nitrogen and oxygen atoms in total. The van der Waals surface area contributed by atoms with Crippen molar-refractivity contribution in [1.82, 2.24) is 19.9 Å². The molecule has 0 aromatic carbocycles. The predicted octanol–water partition coefficient (Wildman–Crippen LogP) is 1.22. The van der Waals surface area contributed by atoms with Crippen molar-refractivity contribution < 1.29 is 4.79 Å². The van der Waals surface area contributed by atoms with E-state index >= 15 is 0 Å². The third-order valence-electron chi connectivity index (χ3n) is 3.78. The molecule has 0 unspecified atom stereocenters. The van der Waals surface area contributed by atoms with E-state index in [1.54, 1.807) is 6.20 Å². The quantitative estimate of drug-likeness (QED) is 0.913. The number of aromatic nitrogens is 3. The van der Waals surface area contributed by atoms with Gasteiger partial charge in [0.05, 0.1) is 6.20 Å². The molecule has 1 N–H and O–H groups in total. The average molecular weight is 273 g/mol. The molecule has 1 aliphatic heterocycles. The van der Waals surface area contributed by atoms with Crippen molar-refractivity contribution in [2.75, 3.05) is 18.0 Å². The van der Waals surface area contributed by atoms with E-state index in [-0.39, 0.29) is 5.91 Å². The molecule has 3 heterocycles. The molecular weight excluding hydrogens is 254 g/mol. The van der Waals surface area contributed by atoms with E-state index < -0.39 is 0 Å². The highest BCUT2D eigenvalue weighted by Crippen LogP contribution is 2.20. The van der Waals surface area contributed by atoms with Crippen LogP contribution in [0.5, 0.6) is 0 Å². The lowest BCUT2D eigenvalue weighted by Gasteiger charge is -2.33. The van der Waals surface area contributed by atoms with Gasteiger partial charge in [0.1, 0.15) is 5.82 Å². The van der Waals surface area contributed by atoms with Crippen LogP contribution in [-0.4, -0.2) is 39.6 Å². The number of hydrogen-bond acceptors (Lipinski definition) is 4. The van der Waals surface area contributed by atoms with Gasteiger partial charge in [-0.3, -0.25) is 4.79 Å². The number of piperidine rings is 1. The molecule has 2 aromatic heterocycles. The van der Waals surface area contributed by atoms with Crippen LogP contribution in [0.3, 0.4) is 0 Å². The number of fused-ring (bicyclic) bond motifs is 1. The minimum atomic E-state index is 0.141. The van der Waals surface area contributed by atoms with Crippen molar-refractivity contribution in [2.24, 2.45) is 0 Å². The SMILES string of the molecule is CCC(=O)NC1CCN(c2ccnc3ccnn23)CC1. The van der Waals surface area contributed by atoms with Crippen molar-refractivity contribution in [3.63, 3.8) is 0 Å². The van der Waals surface area contributed by atoms with Crippen LogP contribution >= 0.6 is 0 Å². The zero-order valence-electron chi connectivity index (χ0n) is 11.6. The lowest BCUT2D eigenvalue weighted by atomic mass is 10.0. The molecule has 106 valence electrons. The Balaban J connectivity index is 1.69. The molecule has 20 heavy (non-hydrogen) atoms. The van der Waals surface area contributed by atoms with Gasteiger partial charge in [0.2, 0.25) is 5.91 Å². The van der Waals surface area contributed by atoms with E-state index in [1.807, 2.05) is 29.8 Å². The summed E-state index contributed by atoms with van der Waals surface area (Å²) in [6, 6.07) is 4.19. The summed E-state index contributed by atoms with van der Waals surface area (Å²) >= 11 is 0. The Kier molecular flexibility index (Phi) is 3.54. The molecule has 0 radical (unpaired) electrons. The highest BCUT2D eigenvalue weighted by atomic mass is 16.1. The third kappa shape index (κ3) is 2.45. The predicted molar refractivity (Wildman–Crippen MR) is 76.7 cm³/mol. The summed E-state index contributed by atoms with van der Waals surface area (Å²) in [5.41, 5.74) is 0.865. The van der Waals surface area contributed by atoms with Crippen molar-refractivity contribution in [3.8, 4) is 0 Å². The number of nitrogens with one attached hydrogen (secondary N) is 1. The Bertz CT molecular complexity index is 600. The molecule has 1 aliphatic rings. The number of rotatable bonds is 3. The number of anilines is 1. The van der Waals surface area contributed by atoms with Gasteiger partial charge in [-0.05, 0) is 18.9 Å². The zero-order chi connectivity index (χ0) is 13.9. The van der Waals surface area contributed by atoms with Crippen LogP contribution in [0.25, 0.3) is 5.65 Å². The van der Waals surface area contributed by atoms with Gasteiger partial charge in [-0.15, -0.1) is 0 Å². The lowest BCUT2D eigenvalue weighted by Crippen LogP contribution is -2.45. The molecule has 0 atom stereocenters. The van der Waals surface area contributed by atoms with Crippen molar-refractivity contribution in [1.29, 1.82) is 0 Å². The van der Waals surface area contributed by atoms with Crippen LogP contribution in [-0.2, 0) is 4.79 Å². The Hall–Kier alpha value is -2.11. The minimum absolute atomic E-state index is 0.141. The smallest absolute Gasteiger partial charge is 0.219 e. The van der Waals surface area contributed by atoms with Crippen LogP contribution in [0.1, 0.15) is 26.2 Å². The van der Waals surface area contributed by atoms with E-state index in [9.17, 15) is 4.79 Å². The summed E-state index contributed by atoms with van der Waals surface area (Å²) < 4.78 is 1.87. The summed E-state index contributed by atoms with van der Waals surface area (Å²) in [5.74, 6) is 1.21. The topological polar surface area (TPSA) is 62.5 Å². The molecule has 0 bridgehead atoms. The van der Waals surface area contributed by atoms with Crippen molar-refractivity contribution >= 4 is 17.4 Å². The van der Waals surface area contributed by atoms with E-state index in [0.29, 0.717) is 12.5 Å². The maximum absolute atomic E-state index is 11.4. The fraction of sp³-hybridized carbons (Fsp3) is 0.500. The second kappa shape index (κ2) is 5.48. The molecule has 6 heteroatoms. The first-order valence-corrected chi connectivity index (χ1v) is 7.11. The molecule has 0 saturated carbocycles. The van der Waals surface area contributed by atoms with Gasteiger partial charge in [0.15, 0.2) is 5.65 Å². The molecular formula is C14H19N5O. The Labute approximate surface area is 117 Å². The van der Waals surface area contributed by atoms with E-state index in [2.05, 4.69) is 20.3 Å². The van der Waals surface area contributed by atoms with E-state index in [0.717, 1.165) is 37.4 Å². The second-order valence-electron chi connectivity index (χ2n) is 5.09. The first-order valence-electron chi connectivity index (χ1n) is 7.11. The maximum atomic E-state index is 11.4. The van der Waals surface area contributed by atoms with E-state index in [1.165, 1.54) is 0 Å². The van der Waals surface area contributed by atoms with Gasteiger partial charge in [0.25, 0.3) is 0 Å². The van der Waals surface area contributed by atoms with Crippen molar-refractivity contribution in [2.45, 2.75) is 32.2 Å². The summed E-state index contributed by atoms with van der Waals surface area (Å²) in [6.07, 6.45) is 6.07. The largest absolute Gasteiger partial charge is 0.356 e. The standard InChI is InChI=1S/C14H19N5O/c1-2-13(20)17-11-5-9-18(10-6-11)14-4-7-15-12-3-8-16-19(12)14/h3-4,7-8,11H,2,5-6,9-10H2,1H3,(H,17,20). The Morgan fingerprint density at radius 1 is 1.35 bits per heavy atom. The van der Waals surface area contributed by atoms with Crippen LogP contribution in [0.2, 0.25) is 0 Å². The maximum Gasteiger partial charge on any atom is 0.219 e. The summed E-state index contributed by atoms with van der Waals surface area (Å²) in [6.45, 7) is 3.73. The van der Waals surface area contributed by atoms with Crippen LogP contribution < -0.4 is 10.2 Å². The highest BCUT2D eigenvalue weighted by Gasteiger charge is 2.21. The van der Waals surface area contributed by atoms with Gasteiger partial charge < -0.3 is 10.2 Å². The lowest BCUT2D eigenvalue weighted by molar-refractivity contribution is -0.121. The molecule has 0 aliphatic carbocycles. The van der Waals surface area contributed by atoms with Gasteiger partial charge in [-0.1, -0.05) is 6.92 Å². The molecule has 1 saturated heterocycles. The van der Waals surface area contributed by atoms with Crippen LogP contribution in [0.4, 0.5) is 5.82 Å². The molecule has 2 aromatic rings. The molecule has 0 spiro atoms. The van der Waals surface area contributed by atoms with Gasteiger partial charge in [-0.25, -0.2) is 4.98 Å². The first kappa shape index (κ1) is 12.9. The fourth-order valence-corrected chi connectivity index (χ4v) is 2.64. The Morgan fingerprint density at radius 2 is 2.15 bits per heavy atom. The Morgan fingerprint density at radius 3 is 2.90 bits per heavy atom. The number of hydrogen-bond donors (Lipinski definition) is 1. The van der Waals surface area contributed by atoms with Gasteiger partial charge in [-0.2, -0.15) is 9.61 Å². The van der Waals surface area contributed by atoms with Gasteiger partial charge in [0, 0.05) is 37.8 Å². The average Bonchev–Trinajstić information content (AvgIpc) is 2.96. The number of carbonyl (C=O) groups excluding carboxylic acids is 1. The summed E-state index contributed by atoms with van der Waals surface area (Å²) in [4.78, 5) is 18.0. The van der Waals surface area contributed by atoms with Crippen molar-refractivity contribution in [3.05, 3.63) is 24.5 Å². The zero-order valence-corrected chi connectivity index (χ0v) is 11.6. The number of carbonyl (C=O) groups is 1. The minimum Gasteiger partial charge on any atom is -0.356 e. The van der Waals surface area contributed by atoms with Gasteiger partial charge >= 0.3 is 0 Å². The van der Waals surface area contributed by atoms with Crippen LogP contribution in [0, 0.1) is 0 Å². The molecule has 1 amide bonds. The highest BCUT2D eigenvalue weighted by molar-refractivity contribution is 5.75. The third-order valence-corrected chi connectivity index (χ3v) is 3.78. The van der Waals surface area contributed by atoms with Crippen LogP contribution in [0.15, 0.2) is 24.5 Å². The second-order valence-corrected chi connectivity index (χ2v) is 5.09. The monoisotopic (exact) mass is 273 g/mol. The number of nitrogens with zero attached hydrogens (tertiary/aromatic N) is 4. The summed E-state index contributed by atoms with van der Waals surface area (Å²) in [5, 5.41) is 7.39. The summed E-state index contributed by atoms with van der Waals surface area (Å²) in [7, 11) is 0. The molecule has 1 fully saturated rings. The first-order chi connectivity index (χ1) is 9.78. The fourth-order valence-electron chi connectivity index (χ4n) is 2.64. The van der Waals surface area contributed by atoms with E-state index in [4.69, 9.17) is 0 Å².